The molecule has 0 aromatic rings. The predicted octanol–water partition coefficient (Wildman–Crippen LogP) is 9.54. The Bertz CT molecular complexity index is 861. The number of unbranched alkanes of at least 4 members (excludes halogenated alkanes) is 5. The number of hydrogen-bond acceptors (Lipinski definition) is 5. The highest BCUT2D eigenvalue weighted by atomic mass is 28.4. The zero-order valence-electron chi connectivity index (χ0n) is 28.1. The third-order valence-corrected chi connectivity index (χ3v) is 18.3. The van der Waals surface area contributed by atoms with E-state index in [2.05, 4.69) is 92.9 Å². The van der Waals surface area contributed by atoms with Crippen LogP contribution < -0.4 is 0 Å². The van der Waals surface area contributed by atoms with Crippen LogP contribution in [0.25, 0.3) is 0 Å². The zero-order valence-corrected chi connectivity index (χ0v) is 30.1. The Balaban J connectivity index is 3.23. The molecule has 0 amide bonds. The van der Waals surface area contributed by atoms with E-state index in [0.29, 0.717) is 12.8 Å². The van der Waals surface area contributed by atoms with Gasteiger partial charge in [0.25, 0.3) is 0 Å². The Labute approximate surface area is 249 Å². The molecule has 7 heteroatoms. The number of methoxy groups -OCH3 is 1. The van der Waals surface area contributed by atoms with Crippen molar-refractivity contribution < 1.29 is 23.2 Å². The summed E-state index contributed by atoms with van der Waals surface area (Å²) in [6.45, 7) is 25.0. The minimum Gasteiger partial charge on any atom is -0.469 e. The van der Waals surface area contributed by atoms with Gasteiger partial charge in [-0.25, -0.2) is 0 Å². The van der Waals surface area contributed by atoms with Crippen LogP contribution in [-0.2, 0) is 23.2 Å². The Kier molecular flexibility index (Phi) is 14.8. The average molecular weight is 595 g/mol. The lowest BCUT2D eigenvalue weighted by atomic mass is 9.97. The van der Waals surface area contributed by atoms with E-state index in [4.69, 9.17) is 13.6 Å². The first-order chi connectivity index (χ1) is 18.4. The van der Waals surface area contributed by atoms with E-state index in [1.54, 1.807) is 0 Å². The SMILES string of the molecule is CCCCC[C@@H](/C=C/[C@H]1/C(=C\CCCCCC(=O)OC)C(=O)C[C@@H]1O[Si](C)(C)C(C)(C)C)O[Si](C)(C)C(C)(C)C. The number of allylic oxidation sites excluding steroid dienone is 1. The maximum Gasteiger partial charge on any atom is 0.305 e. The smallest absolute Gasteiger partial charge is 0.305 e. The van der Waals surface area contributed by atoms with Gasteiger partial charge in [0.05, 0.1) is 19.3 Å². The fourth-order valence-electron chi connectivity index (χ4n) is 4.50. The van der Waals surface area contributed by atoms with Gasteiger partial charge >= 0.3 is 5.97 Å². The first-order valence-corrected chi connectivity index (χ1v) is 21.5. The summed E-state index contributed by atoms with van der Waals surface area (Å²) in [5.41, 5.74) is 0.896. The molecule has 5 nitrogen and oxygen atoms in total. The summed E-state index contributed by atoms with van der Waals surface area (Å²) in [7, 11) is -2.58. The number of ether oxygens (including phenoxy) is 1. The Morgan fingerprint density at radius 2 is 1.57 bits per heavy atom. The number of hydrogen-bond donors (Lipinski definition) is 0. The largest absolute Gasteiger partial charge is 0.469 e. The number of carbonyl (C=O) groups is 2. The van der Waals surface area contributed by atoms with Gasteiger partial charge in [-0.3, -0.25) is 9.59 Å². The minimum atomic E-state index is -2.06. The number of Topliss-reactive ketones (excluding diaryl/α,β-unsaturated/α-hetero) is 1. The second-order valence-corrected chi connectivity index (χ2v) is 24.2. The molecule has 0 aromatic carbocycles. The molecule has 0 heterocycles. The Morgan fingerprint density at radius 1 is 0.950 bits per heavy atom. The quantitative estimate of drug-likeness (QED) is 0.0585. The summed E-state index contributed by atoms with van der Waals surface area (Å²) in [5, 5.41) is 0.213. The van der Waals surface area contributed by atoms with Crippen molar-refractivity contribution in [1.82, 2.24) is 0 Å². The summed E-state index contributed by atoms with van der Waals surface area (Å²) in [5.74, 6) is 0.00251. The van der Waals surface area contributed by atoms with Crippen molar-refractivity contribution in [2.45, 2.75) is 161 Å². The maximum atomic E-state index is 13.3. The van der Waals surface area contributed by atoms with Crippen LogP contribution >= 0.6 is 0 Å². The molecule has 0 saturated heterocycles. The van der Waals surface area contributed by atoms with Crippen LogP contribution in [0.3, 0.4) is 0 Å². The fourth-order valence-corrected chi connectivity index (χ4v) is 7.15. The van der Waals surface area contributed by atoms with Gasteiger partial charge in [0, 0.05) is 24.3 Å². The van der Waals surface area contributed by atoms with Gasteiger partial charge in [-0.1, -0.05) is 92.4 Å². The van der Waals surface area contributed by atoms with Crippen LogP contribution in [0, 0.1) is 5.92 Å². The van der Waals surface area contributed by atoms with Gasteiger partial charge in [0.1, 0.15) is 0 Å². The Morgan fingerprint density at radius 3 is 2.12 bits per heavy atom. The molecule has 0 aromatic heterocycles. The van der Waals surface area contributed by atoms with Crippen LogP contribution in [0.5, 0.6) is 0 Å². The average Bonchev–Trinajstić information content (AvgIpc) is 3.10. The lowest BCUT2D eigenvalue weighted by molar-refractivity contribution is -0.140. The van der Waals surface area contributed by atoms with Gasteiger partial charge in [0.15, 0.2) is 22.4 Å². The van der Waals surface area contributed by atoms with Crippen LogP contribution in [-0.4, -0.2) is 47.7 Å². The summed E-state index contributed by atoms with van der Waals surface area (Å²) < 4.78 is 18.5. The van der Waals surface area contributed by atoms with Gasteiger partial charge in [0.2, 0.25) is 0 Å². The number of carbonyl (C=O) groups excluding carboxylic acids is 2. The molecule has 0 spiro atoms. The van der Waals surface area contributed by atoms with Gasteiger partial charge in [-0.2, -0.15) is 0 Å². The standard InChI is InChI=1S/C33H62O5Si2/c1-13-14-17-20-26(37-39(9,10)32(2,3)4)23-24-28-27(21-18-15-16-19-22-31(35)36-8)29(34)25-30(28)38-40(11,12)33(5,6)7/h21,23-24,26,28,30H,13-20,22,25H2,1-12H3/b24-23+,27-21+/t26-,28-,30-/m0/s1. The van der Waals surface area contributed by atoms with Crippen LogP contribution in [0.4, 0.5) is 0 Å². The fraction of sp³-hybridized carbons (Fsp3) is 0.818. The highest BCUT2D eigenvalue weighted by Crippen LogP contribution is 2.42. The third kappa shape index (κ3) is 11.7. The molecular formula is C33H62O5Si2. The van der Waals surface area contributed by atoms with E-state index < -0.39 is 16.6 Å². The molecule has 40 heavy (non-hydrogen) atoms. The van der Waals surface area contributed by atoms with Gasteiger partial charge < -0.3 is 13.6 Å². The number of rotatable bonds is 16. The molecular weight excluding hydrogens is 533 g/mol. The molecule has 1 fully saturated rings. The second kappa shape index (κ2) is 16.0. The number of esters is 1. The highest BCUT2D eigenvalue weighted by molar-refractivity contribution is 6.74. The number of ketones is 1. The lowest BCUT2D eigenvalue weighted by Crippen LogP contribution is -2.45. The van der Waals surface area contributed by atoms with Crippen molar-refractivity contribution in [3.63, 3.8) is 0 Å². The topological polar surface area (TPSA) is 61.8 Å². The van der Waals surface area contributed by atoms with E-state index in [0.717, 1.165) is 44.1 Å². The van der Waals surface area contributed by atoms with E-state index in [1.165, 1.54) is 20.0 Å². The maximum absolute atomic E-state index is 13.3. The molecule has 1 aliphatic carbocycles. The summed E-state index contributed by atoms with van der Waals surface area (Å²) in [6.07, 6.45) is 15.5. The molecule has 0 unspecified atom stereocenters. The summed E-state index contributed by atoms with van der Waals surface area (Å²) in [4.78, 5) is 24.7. The first kappa shape index (κ1) is 37.0. The van der Waals surface area contributed by atoms with Crippen molar-refractivity contribution in [2.75, 3.05) is 7.11 Å². The minimum absolute atomic E-state index is 0.0478. The Hall–Kier alpha value is -1.03. The molecule has 232 valence electrons. The van der Waals surface area contributed by atoms with E-state index in [1.807, 2.05) is 0 Å². The van der Waals surface area contributed by atoms with E-state index in [9.17, 15) is 9.59 Å². The van der Waals surface area contributed by atoms with Crippen molar-refractivity contribution in [3.05, 3.63) is 23.8 Å². The lowest BCUT2D eigenvalue weighted by Gasteiger charge is -2.40. The van der Waals surface area contributed by atoms with Crippen molar-refractivity contribution >= 4 is 28.4 Å². The zero-order chi connectivity index (χ0) is 30.8. The second-order valence-electron chi connectivity index (χ2n) is 14.7. The predicted molar refractivity (Wildman–Crippen MR) is 174 cm³/mol. The monoisotopic (exact) mass is 594 g/mol. The molecule has 0 N–H and O–H groups in total. The normalized spacial score (nSPS) is 21.0. The molecule has 1 aliphatic rings. The molecule has 3 atom stereocenters. The molecule has 0 aliphatic heterocycles. The van der Waals surface area contributed by atoms with Crippen LogP contribution in [0.1, 0.15) is 113 Å². The van der Waals surface area contributed by atoms with E-state index in [-0.39, 0.29) is 40.0 Å². The molecule has 1 saturated carbocycles. The first-order valence-electron chi connectivity index (χ1n) is 15.7. The summed E-state index contributed by atoms with van der Waals surface area (Å²) in [6, 6.07) is 0. The van der Waals surface area contributed by atoms with Crippen molar-refractivity contribution in [1.29, 1.82) is 0 Å². The van der Waals surface area contributed by atoms with Crippen LogP contribution in [0.2, 0.25) is 36.3 Å². The molecule has 0 radical (unpaired) electrons. The van der Waals surface area contributed by atoms with Crippen molar-refractivity contribution in [2.24, 2.45) is 5.92 Å². The van der Waals surface area contributed by atoms with E-state index >= 15 is 0 Å². The van der Waals surface area contributed by atoms with Gasteiger partial charge in [-0.15, -0.1) is 0 Å². The van der Waals surface area contributed by atoms with Crippen molar-refractivity contribution in [3.8, 4) is 0 Å². The van der Waals surface area contributed by atoms with Gasteiger partial charge in [-0.05, 0) is 61.9 Å². The third-order valence-electron chi connectivity index (χ3n) is 9.27. The van der Waals surface area contributed by atoms with Crippen LogP contribution in [0.15, 0.2) is 23.8 Å². The molecule has 0 bridgehead atoms. The molecule has 1 rings (SSSR count). The summed E-state index contributed by atoms with van der Waals surface area (Å²) >= 11 is 0. The highest BCUT2D eigenvalue weighted by Gasteiger charge is 2.45.